The van der Waals surface area contributed by atoms with Crippen molar-refractivity contribution in [3.8, 4) is 0 Å². The lowest BCUT2D eigenvalue weighted by molar-refractivity contribution is 0.0983. The zero-order chi connectivity index (χ0) is 13.1. The molecule has 0 fully saturated rings. The van der Waals surface area contributed by atoms with Crippen LogP contribution in [0.15, 0.2) is 30.6 Å². The number of nitrogens with one attached hydrogen (secondary N) is 1. The fraction of sp³-hybridized carbons (Fsp3) is 0.286. The molecule has 18 heavy (non-hydrogen) atoms. The van der Waals surface area contributed by atoms with E-state index in [9.17, 15) is 4.79 Å². The predicted molar refractivity (Wildman–Crippen MR) is 71.9 cm³/mol. The zero-order valence-corrected chi connectivity index (χ0v) is 10.9. The van der Waals surface area contributed by atoms with Gasteiger partial charge in [-0.1, -0.05) is 12.1 Å². The van der Waals surface area contributed by atoms with Gasteiger partial charge < -0.3 is 9.88 Å². The van der Waals surface area contributed by atoms with E-state index in [1.807, 2.05) is 45.0 Å². The summed E-state index contributed by atoms with van der Waals surface area (Å²) in [6.07, 6.45) is 1.55. The lowest BCUT2D eigenvalue weighted by Crippen LogP contribution is -2.31. The third-order valence-electron chi connectivity index (χ3n) is 2.91. The number of hydrogen-bond acceptors (Lipinski definition) is 2. The maximum atomic E-state index is 12.4. The van der Waals surface area contributed by atoms with Crippen LogP contribution in [0.2, 0.25) is 0 Å². The quantitative estimate of drug-likeness (QED) is 0.901. The molecule has 0 saturated carbocycles. The molecule has 1 amide bonds. The second-order valence-corrected chi connectivity index (χ2v) is 4.26. The molecule has 2 rings (SSSR count). The predicted octanol–water partition coefficient (Wildman–Crippen LogP) is 2.69. The summed E-state index contributed by atoms with van der Waals surface area (Å²) in [5, 5.41) is 0. The maximum absolute atomic E-state index is 12.4. The van der Waals surface area contributed by atoms with Crippen molar-refractivity contribution in [2.45, 2.75) is 20.8 Å². The van der Waals surface area contributed by atoms with Crippen molar-refractivity contribution in [3.05, 3.63) is 47.5 Å². The van der Waals surface area contributed by atoms with Crippen LogP contribution in [0.5, 0.6) is 0 Å². The van der Waals surface area contributed by atoms with Gasteiger partial charge in [-0.25, -0.2) is 4.98 Å². The number of carbonyl (C=O) groups excluding carboxylic acids is 1. The first-order valence-electron chi connectivity index (χ1n) is 6.02. The van der Waals surface area contributed by atoms with Crippen molar-refractivity contribution in [2.24, 2.45) is 0 Å². The van der Waals surface area contributed by atoms with Gasteiger partial charge in [0.05, 0.1) is 6.33 Å². The number of H-pyrrole nitrogens is 1. The van der Waals surface area contributed by atoms with Crippen LogP contribution in [0.1, 0.15) is 28.7 Å². The van der Waals surface area contributed by atoms with E-state index in [1.165, 1.54) is 0 Å². The summed E-state index contributed by atoms with van der Waals surface area (Å²) in [7, 11) is 0. The summed E-state index contributed by atoms with van der Waals surface area (Å²) in [5.41, 5.74) is 3.33. The number of anilines is 1. The number of aromatic amines is 1. The zero-order valence-electron chi connectivity index (χ0n) is 10.9. The Morgan fingerprint density at radius 1 is 1.39 bits per heavy atom. The second kappa shape index (κ2) is 5.04. The van der Waals surface area contributed by atoms with Crippen LogP contribution in [0.3, 0.4) is 0 Å². The van der Waals surface area contributed by atoms with Crippen LogP contribution >= 0.6 is 0 Å². The van der Waals surface area contributed by atoms with Gasteiger partial charge in [-0.05, 0) is 38.5 Å². The van der Waals surface area contributed by atoms with E-state index >= 15 is 0 Å². The Labute approximate surface area is 107 Å². The molecule has 1 heterocycles. The molecule has 1 aromatic carbocycles. The van der Waals surface area contributed by atoms with E-state index in [0.29, 0.717) is 12.2 Å². The molecule has 0 saturated heterocycles. The van der Waals surface area contributed by atoms with E-state index in [4.69, 9.17) is 0 Å². The van der Waals surface area contributed by atoms with Gasteiger partial charge in [0.25, 0.3) is 5.91 Å². The smallest absolute Gasteiger partial charge is 0.278 e. The molecule has 1 aromatic heterocycles. The number of aromatic nitrogens is 2. The van der Waals surface area contributed by atoms with Crippen LogP contribution < -0.4 is 4.90 Å². The van der Waals surface area contributed by atoms with E-state index in [1.54, 1.807) is 11.2 Å². The van der Waals surface area contributed by atoms with E-state index in [2.05, 4.69) is 9.97 Å². The molecular weight excluding hydrogens is 226 g/mol. The summed E-state index contributed by atoms with van der Waals surface area (Å²) < 4.78 is 0. The number of amides is 1. The molecule has 0 aliphatic heterocycles. The van der Waals surface area contributed by atoms with Gasteiger partial charge in [0.1, 0.15) is 5.69 Å². The number of hydrogen-bond donors (Lipinski definition) is 1. The highest BCUT2D eigenvalue weighted by Gasteiger charge is 2.19. The Bertz CT molecular complexity index is 560. The van der Waals surface area contributed by atoms with Crippen molar-refractivity contribution < 1.29 is 4.79 Å². The third kappa shape index (κ3) is 2.27. The first kappa shape index (κ1) is 12.4. The average Bonchev–Trinajstić information content (AvgIpc) is 2.76. The van der Waals surface area contributed by atoms with Gasteiger partial charge in [-0.15, -0.1) is 0 Å². The third-order valence-corrected chi connectivity index (χ3v) is 2.91. The molecule has 0 radical (unpaired) electrons. The van der Waals surface area contributed by atoms with Crippen LogP contribution in [0.4, 0.5) is 5.69 Å². The minimum atomic E-state index is -0.0677. The van der Waals surface area contributed by atoms with Crippen molar-refractivity contribution in [1.82, 2.24) is 9.97 Å². The van der Waals surface area contributed by atoms with Crippen molar-refractivity contribution in [1.29, 1.82) is 0 Å². The molecule has 0 bridgehead atoms. The SMILES string of the molecule is CCN(C(=O)c1nc[nH]c1C)c1cccc(C)c1. The Kier molecular flexibility index (Phi) is 3.46. The summed E-state index contributed by atoms with van der Waals surface area (Å²) in [6, 6.07) is 7.92. The largest absolute Gasteiger partial charge is 0.348 e. The fourth-order valence-corrected chi connectivity index (χ4v) is 1.94. The minimum absolute atomic E-state index is 0.0677. The molecule has 0 aliphatic rings. The molecule has 4 nitrogen and oxygen atoms in total. The normalized spacial score (nSPS) is 10.4. The summed E-state index contributed by atoms with van der Waals surface area (Å²) in [5.74, 6) is -0.0677. The maximum Gasteiger partial charge on any atom is 0.278 e. The Morgan fingerprint density at radius 3 is 2.72 bits per heavy atom. The van der Waals surface area contributed by atoms with E-state index < -0.39 is 0 Å². The molecule has 0 aliphatic carbocycles. The number of imidazole rings is 1. The van der Waals surface area contributed by atoms with Gasteiger partial charge >= 0.3 is 0 Å². The molecule has 2 aromatic rings. The fourth-order valence-electron chi connectivity index (χ4n) is 1.94. The highest BCUT2D eigenvalue weighted by molar-refractivity contribution is 6.05. The Balaban J connectivity index is 2.35. The summed E-state index contributed by atoms with van der Waals surface area (Å²) >= 11 is 0. The number of benzene rings is 1. The summed E-state index contributed by atoms with van der Waals surface area (Å²) in [6.45, 7) is 6.45. The molecule has 1 N–H and O–H groups in total. The van der Waals surface area contributed by atoms with Gasteiger partial charge in [-0.3, -0.25) is 4.79 Å². The number of carbonyl (C=O) groups is 1. The number of rotatable bonds is 3. The molecule has 94 valence electrons. The monoisotopic (exact) mass is 243 g/mol. The van der Waals surface area contributed by atoms with Crippen molar-refractivity contribution >= 4 is 11.6 Å². The Hall–Kier alpha value is -2.10. The second-order valence-electron chi connectivity index (χ2n) is 4.26. The summed E-state index contributed by atoms with van der Waals surface area (Å²) in [4.78, 5) is 21.2. The number of aryl methyl sites for hydroxylation is 2. The Morgan fingerprint density at radius 2 is 2.17 bits per heavy atom. The number of nitrogens with zero attached hydrogens (tertiary/aromatic N) is 2. The molecule has 4 heteroatoms. The standard InChI is InChI=1S/C14H17N3O/c1-4-17(12-7-5-6-10(2)8-12)14(18)13-11(3)15-9-16-13/h5-9H,4H2,1-3H3,(H,15,16). The van der Waals surface area contributed by atoms with E-state index in [-0.39, 0.29) is 5.91 Å². The molecule has 0 unspecified atom stereocenters. The van der Waals surface area contributed by atoms with Crippen LogP contribution in [0, 0.1) is 13.8 Å². The first-order chi connectivity index (χ1) is 8.63. The van der Waals surface area contributed by atoms with Crippen LogP contribution in [0.25, 0.3) is 0 Å². The average molecular weight is 243 g/mol. The van der Waals surface area contributed by atoms with Crippen molar-refractivity contribution in [2.75, 3.05) is 11.4 Å². The van der Waals surface area contributed by atoms with Crippen molar-refractivity contribution in [3.63, 3.8) is 0 Å². The van der Waals surface area contributed by atoms with Gasteiger partial charge in [0, 0.05) is 17.9 Å². The lowest BCUT2D eigenvalue weighted by Gasteiger charge is -2.20. The molecule has 0 atom stereocenters. The van der Waals surface area contributed by atoms with Gasteiger partial charge in [0.2, 0.25) is 0 Å². The lowest BCUT2D eigenvalue weighted by atomic mass is 10.2. The van der Waals surface area contributed by atoms with Crippen LogP contribution in [-0.4, -0.2) is 22.4 Å². The van der Waals surface area contributed by atoms with Gasteiger partial charge in [-0.2, -0.15) is 0 Å². The highest BCUT2D eigenvalue weighted by Crippen LogP contribution is 2.18. The van der Waals surface area contributed by atoms with Gasteiger partial charge in [0.15, 0.2) is 0 Å². The first-order valence-corrected chi connectivity index (χ1v) is 6.02. The molecule has 0 spiro atoms. The molecular formula is C14H17N3O. The van der Waals surface area contributed by atoms with Crippen LogP contribution in [-0.2, 0) is 0 Å². The highest BCUT2D eigenvalue weighted by atomic mass is 16.2. The topological polar surface area (TPSA) is 49.0 Å². The minimum Gasteiger partial charge on any atom is -0.348 e. The van der Waals surface area contributed by atoms with E-state index in [0.717, 1.165) is 16.9 Å².